The maximum Gasteiger partial charge on any atom is 0.182 e. The summed E-state index contributed by atoms with van der Waals surface area (Å²) in [5, 5.41) is 8.64. The Bertz CT molecular complexity index is 247. The Kier molecular flexibility index (Phi) is 23.8. The molecule has 0 heterocycles. The SMILES string of the molecule is C=C/C(OCC)=C(/C#N)N=CC.CC.CC. The molecule has 0 fully saturated rings. The van der Waals surface area contributed by atoms with Crippen molar-refractivity contribution < 1.29 is 4.74 Å². The molecule has 0 aliphatic carbocycles. The fraction of sp³-hybridized carbons (Fsp3) is 0.538. The predicted octanol–water partition coefficient (Wildman–Crippen LogP) is 4.09. The van der Waals surface area contributed by atoms with Crippen LogP contribution in [0.1, 0.15) is 41.5 Å². The fourth-order valence-electron chi connectivity index (χ4n) is 0.656. The zero-order valence-electron chi connectivity index (χ0n) is 11.4. The largest absolute Gasteiger partial charge is 0.491 e. The molecular formula is C13H24N2O. The minimum absolute atomic E-state index is 0.259. The van der Waals surface area contributed by atoms with Gasteiger partial charge in [-0.3, -0.25) is 0 Å². The van der Waals surface area contributed by atoms with E-state index in [1.165, 1.54) is 6.08 Å². The number of hydrogen-bond acceptors (Lipinski definition) is 3. The zero-order chi connectivity index (χ0) is 13.4. The molecule has 0 bridgehead atoms. The third kappa shape index (κ3) is 10.5. The lowest BCUT2D eigenvalue weighted by Gasteiger charge is -2.02. The highest BCUT2D eigenvalue weighted by atomic mass is 16.5. The summed E-state index contributed by atoms with van der Waals surface area (Å²) in [5.41, 5.74) is 0.259. The van der Waals surface area contributed by atoms with Crippen molar-refractivity contribution in [2.24, 2.45) is 4.99 Å². The van der Waals surface area contributed by atoms with E-state index in [1.54, 1.807) is 13.1 Å². The van der Waals surface area contributed by atoms with Gasteiger partial charge >= 0.3 is 0 Å². The first-order chi connectivity index (χ1) is 7.79. The van der Waals surface area contributed by atoms with Gasteiger partial charge in [0.1, 0.15) is 6.07 Å². The molecule has 0 amide bonds. The number of nitriles is 1. The van der Waals surface area contributed by atoms with E-state index in [1.807, 2.05) is 40.7 Å². The summed E-state index contributed by atoms with van der Waals surface area (Å²) >= 11 is 0. The second-order valence-corrected chi connectivity index (χ2v) is 1.85. The van der Waals surface area contributed by atoms with Crippen molar-refractivity contribution in [2.45, 2.75) is 41.5 Å². The fourth-order valence-corrected chi connectivity index (χ4v) is 0.656. The highest BCUT2D eigenvalue weighted by Crippen LogP contribution is 2.07. The first kappa shape index (κ1) is 19.9. The van der Waals surface area contributed by atoms with Crippen molar-refractivity contribution in [3.05, 3.63) is 24.1 Å². The summed E-state index contributed by atoms with van der Waals surface area (Å²) in [6, 6.07) is 1.92. The van der Waals surface area contributed by atoms with E-state index in [9.17, 15) is 0 Å². The van der Waals surface area contributed by atoms with Crippen LogP contribution in [0.3, 0.4) is 0 Å². The van der Waals surface area contributed by atoms with Gasteiger partial charge in [0.2, 0.25) is 0 Å². The Hall–Kier alpha value is -1.56. The van der Waals surface area contributed by atoms with Crippen LogP contribution in [0.5, 0.6) is 0 Å². The zero-order valence-corrected chi connectivity index (χ0v) is 11.4. The van der Waals surface area contributed by atoms with E-state index in [4.69, 9.17) is 10.00 Å². The molecule has 0 aromatic carbocycles. The second kappa shape index (κ2) is 19.1. The second-order valence-electron chi connectivity index (χ2n) is 1.85. The Morgan fingerprint density at radius 1 is 1.38 bits per heavy atom. The lowest BCUT2D eigenvalue weighted by Crippen LogP contribution is -1.92. The smallest absolute Gasteiger partial charge is 0.182 e. The molecule has 3 nitrogen and oxygen atoms in total. The minimum Gasteiger partial charge on any atom is -0.491 e. The average molecular weight is 224 g/mol. The monoisotopic (exact) mass is 224 g/mol. The molecule has 3 heteroatoms. The average Bonchev–Trinajstić information content (AvgIpc) is 2.38. The van der Waals surface area contributed by atoms with Gasteiger partial charge in [-0.05, 0) is 19.9 Å². The first-order valence-electron chi connectivity index (χ1n) is 5.68. The van der Waals surface area contributed by atoms with Crippen molar-refractivity contribution in [3.8, 4) is 6.07 Å². The summed E-state index contributed by atoms with van der Waals surface area (Å²) in [6.07, 6.45) is 3.02. The molecule has 0 radical (unpaired) electrons. The number of allylic oxidation sites excluding steroid dienone is 2. The summed E-state index contributed by atoms with van der Waals surface area (Å²) in [7, 11) is 0. The number of ether oxygens (including phenoxy) is 1. The van der Waals surface area contributed by atoms with E-state index in [0.29, 0.717) is 12.4 Å². The van der Waals surface area contributed by atoms with Crippen LogP contribution in [0.25, 0.3) is 0 Å². The highest BCUT2D eigenvalue weighted by Gasteiger charge is 2.00. The Morgan fingerprint density at radius 2 is 1.88 bits per heavy atom. The van der Waals surface area contributed by atoms with Crippen LogP contribution in [0, 0.1) is 11.3 Å². The molecule has 0 aliphatic heterocycles. The van der Waals surface area contributed by atoms with Crippen molar-refractivity contribution in [2.75, 3.05) is 6.61 Å². The summed E-state index contributed by atoms with van der Waals surface area (Å²) in [6.45, 7) is 15.6. The Labute approximate surface area is 100 Å². The van der Waals surface area contributed by atoms with Crippen LogP contribution in [0.15, 0.2) is 29.1 Å². The highest BCUT2D eigenvalue weighted by molar-refractivity contribution is 5.57. The maximum absolute atomic E-state index is 8.64. The maximum atomic E-state index is 8.64. The summed E-state index contributed by atoms with van der Waals surface area (Å²) in [4.78, 5) is 3.83. The van der Waals surface area contributed by atoms with Gasteiger partial charge in [-0.15, -0.1) is 0 Å². The van der Waals surface area contributed by atoms with Crippen LogP contribution in [0.2, 0.25) is 0 Å². The van der Waals surface area contributed by atoms with E-state index in [-0.39, 0.29) is 5.70 Å². The van der Waals surface area contributed by atoms with Crippen molar-refractivity contribution in [1.29, 1.82) is 5.26 Å². The van der Waals surface area contributed by atoms with Crippen molar-refractivity contribution >= 4 is 6.21 Å². The van der Waals surface area contributed by atoms with Crippen LogP contribution < -0.4 is 0 Å². The number of rotatable bonds is 4. The Balaban J connectivity index is -0.000000376. The van der Waals surface area contributed by atoms with E-state index in [2.05, 4.69) is 11.6 Å². The molecule has 0 aliphatic rings. The normalized spacial score (nSPS) is 9.81. The molecule has 0 aromatic heterocycles. The molecule has 0 N–H and O–H groups in total. The molecule has 0 saturated heterocycles. The van der Waals surface area contributed by atoms with Gasteiger partial charge < -0.3 is 4.74 Å². The molecule has 0 atom stereocenters. The predicted molar refractivity (Wildman–Crippen MR) is 71.3 cm³/mol. The van der Waals surface area contributed by atoms with Crippen LogP contribution in [0.4, 0.5) is 0 Å². The van der Waals surface area contributed by atoms with Gasteiger partial charge in [0.15, 0.2) is 11.5 Å². The van der Waals surface area contributed by atoms with Crippen LogP contribution in [-0.2, 0) is 4.74 Å². The molecule has 0 unspecified atom stereocenters. The van der Waals surface area contributed by atoms with E-state index < -0.39 is 0 Å². The van der Waals surface area contributed by atoms with Gasteiger partial charge in [0, 0.05) is 6.21 Å². The first-order valence-corrected chi connectivity index (χ1v) is 5.68. The summed E-state index contributed by atoms with van der Waals surface area (Å²) < 4.78 is 5.12. The number of aliphatic imine (C=N–C) groups is 1. The molecular weight excluding hydrogens is 200 g/mol. The summed E-state index contributed by atoms with van der Waals surface area (Å²) in [5.74, 6) is 0.429. The molecule has 0 spiro atoms. The Morgan fingerprint density at radius 3 is 2.12 bits per heavy atom. The molecule has 16 heavy (non-hydrogen) atoms. The van der Waals surface area contributed by atoms with Gasteiger partial charge in [0.05, 0.1) is 6.61 Å². The number of hydrogen-bond donors (Lipinski definition) is 0. The molecule has 0 rings (SSSR count). The van der Waals surface area contributed by atoms with E-state index >= 15 is 0 Å². The minimum atomic E-state index is 0.259. The van der Waals surface area contributed by atoms with Crippen molar-refractivity contribution in [3.63, 3.8) is 0 Å². The van der Waals surface area contributed by atoms with Crippen LogP contribution >= 0.6 is 0 Å². The third-order valence-electron chi connectivity index (χ3n) is 1.08. The van der Waals surface area contributed by atoms with Gasteiger partial charge in [-0.1, -0.05) is 34.3 Å². The van der Waals surface area contributed by atoms with Gasteiger partial charge in [-0.25, -0.2) is 4.99 Å². The topological polar surface area (TPSA) is 45.4 Å². The quantitative estimate of drug-likeness (QED) is 0.312. The van der Waals surface area contributed by atoms with Gasteiger partial charge in [0.25, 0.3) is 0 Å². The molecule has 0 saturated carbocycles. The third-order valence-corrected chi connectivity index (χ3v) is 1.08. The number of nitrogens with zero attached hydrogens (tertiary/aromatic N) is 2. The lowest BCUT2D eigenvalue weighted by molar-refractivity contribution is 0.240. The van der Waals surface area contributed by atoms with Crippen molar-refractivity contribution in [1.82, 2.24) is 0 Å². The molecule has 92 valence electrons. The van der Waals surface area contributed by atoms with Gasteiger partial charge in [-0.2, -0.15) is 5.26 Å². The lowest BCUT2D eigenvalue weighted by atomic mass is 10.4. The standard InChI is InChI=1S/C9H12N2O.2C2H6/c1-4-9(12-6-3)8(7-10)11-5-2;2*1-2/h4-5H,1,6H2,2-3H3;2*1-2H3/b9-8+,11-5?;;. The van der Waals surface area contributed by atoms with Crippen LogP contribution in [-0.4, -0.2) is 12.8 Å². The molecule has 0 aromatic rings. The van der Waals surface area contributed by atoms with E-state index in [0.717, 1.165) is 0 Å².